The number of amides is 1. The number of aromatic nitrogens is 2. The van der Waals surface area contributed by atoms with Crippen LogP contribution in [0, 0.1) is 0 Å². The third kappa shape index (κ3) is 4.41. The molecule has 27 heavy (non-hydrogen) atoms. The average Bonchev–Trinajstić information content (AvgIpc) is 2.70. The molecular formula is C21H21N3O3. The van der Waals surface area contributed by atoms with Gasteiger partial charge in [0.15, 0.2) is 0 Å². The Balaban J connectivity index is 1.79. The van der Waals surface area contributed by atoms with Gasteiger partial charge in [0.2, 0.25) is 5.91 Å². The molecule has 1 atom stereocenters. The largest absolute Gasteiger partial charge is 0.494 e. The highest BCUT2D eigenvalue weighted by Gasteiger charge is 2.18. The van der Waals surface area contributed by atoms with Gasteiger partial charge in [0.25, 0.3) is 5.56 Å². The maximum atomic E-state index is 12.6. The second-order valence-electron chi connectivity index (χ2n) is 5.99. The first-order valence-corrected chi connectivity index (χ1v) is 8.77. The summed E-state index contributed by atoms with van der Waals surface area (Å²) in [5.41, 5.74) is 1.81. The summed E-state index contributed by atoms with van der Waals surface area (Å²) in [6, 6.07) is 18.9. The van der Waals surface area contributed by atoms with E-state index in [1.807, 2.05) is 37.3 Å². The van der Waals surface area contributed by atoms with E-state index in [1.165, 1.54) is 10.7 Å². The number of hydrogen-bond donors (Lipinski definition) is 1. The molecule has 0 radical (unpaired) electrons. The van der Waals surface area contributed by atoms with Gasteiger partial charge < -0.3 is 10.1 Å². The van der Waals surface area contributed by atoms with E-state index in [-0.39, 0.29) is 11.5 Å². The summed E-state index contributed by atoms with van der Waals surface area (Å²) in [5, 5.41) is 7.17. The molecule has 0 saturated heterocycles. The fraction of sp³-hybridized carbons (Fsp3) is 0.190. The maximum absolute atomic E-state index is 12.6. The number of ether oxygens (including phenoxy) is 1. The summed E-state index contributed by atoms with van der Waals surface area (Å²) in [5.74, 6) is 0.413. The normalized spacial score (nSPS) is 11.6. The Morgan fingerprint density at radius 1 is 1.07 bits per heavy atom. The van der Waals surface area contributed by atoms with Crippen molar-refractivity contribution in [2.45, 2.75) is 19.9 Å². The third-order valence-electron chi connectivity index (χ3n) is 4.07. The van der Waals surface area contributed by atoms with Crippen LogP contribution in [0.25, 0.3) is 11.3 Å². The zero-order valence-corrected chi connectivity index (χ0v) is 15.3. The standard InChI is InChI=1S/C21H21N3O3/c1-3-27-18-11-9-17(10-12-18)22-21(26)15(2)24-20(25)14-13-19(23-24)16-7-5-4-6-8-16/h4-15H,3H2,1-2H3,(H,22,26). The summed E-state index contributed by atoms with van der Waals surface area (Å²) in [6.07, 6.45) is 0. The highest BCUT2D eigenvalue weighted by Crippen LogP contribution is 2.18. The summed E-state index contributed by atoms with van der Waals surface area (Å²) in [4.78, 5) is 24.8. The van der Waals surface area contributed by atoms with Crippen LogP contribution in [0.5, 0.6) is 5.75 Å². The lowest BCUT2D eigenvalue weighted by Crippen LogP contribution is -2.33. The fourth-order valence-corrected chi connectivity index (χ4v) is 2.62. The van der Waals surface area contributed by atoms with Crippen molar-refractivity contribution in [3.05, 3.63) is 77.1 Å². The van der Waals surface area contributed by atoms with E-state index in [9.17, 15) is 9.59 Å². The Morgan fingerprint density at radius 2 is 1.78 bits per heavy atom. The molecule has 0 bridgehead atoms. The zero-order valence-electron chi connectivity index (χ0n) is 15.3. The van der Waals surface area contributed by atoms with E-state index >= 15 is 0 Å². The number of benzene rings is 2. The topological polar surface area (TPSA) is 73.2 Å². The molecule has 1 N–H and O–H groups in total. The summed E-state index contributed by atoms with van der Waals surface area (Å²) < 4.78 is 6.59. The number of hydrogen-bond acceptors (Lipinski definition) is 4. The van der Waals surface area contributed by atoms with Gasteiger partial charge in [0, 0.05) is 17.3 Å². The van der Waals surface area contributed by atoms with E-state index in [4.69, 9.17) is 4.74 Å². The Bertz CT molecular complexity index is 966. The molecule has 1 unspecified atom stereocenters. The molecule has 0 spiro atoms. The third-order valence-corrected chi connectivity index (χ3v) is 4.07. The SMILES string of the molecule is CCOc1ccc(NC(=O)C(C)n2nc(-c3ccccc3)ccc2=O)cc1. The van der Waals surface area contributed by atoms with Crippen LogP contribution >= 0.6 is 0 Å². The van der Waals surface area contributed by atoms with Crippen molar-refractivity contribution in [2.24, 2.45) is 0 Å². The quantitative estimate of drug-likeness (QED) is 0.727. The summed E-state index contributed by atoms with van der Waals surface area (Å²) in [6.45, 7) is 4.13. The minimum absolute atomic E-state index is 0.320. The molecule has 3 aromatic rings. The molecule has 1 heterocycles. The van der Waals surface area contributed by atoms with Gasteiger partial charge in [-0.15, -0.1) is 0 Å². The van der Waals surface area contributed by atoms with Gasteiger partial charge >= 0.3 is 0 Å². The van der Waals surface area contributed by atoms with Crippen molar-refractivity contribution >= 4 is 11.6 Å². The number of nitrogens with one attached hydrogen (secondary N) is 1. The monoisotopic (exact) mass is 363 g/mol. The minimum Gasteiger partial charge on any atom is -0.494 e. The lowest BCUT2D eigenvalue weighted by Gasteiger charge is -2.15. The van der Waals surface area contributed by atoms with Crippen LogP contribution < -0.4 is 15.6 Å². The minimum atomic E-state index is -0.757. The average molecular weight is 363 g/mol. The summed E-state index contributed by atoms with van der Waals surface area (Å²) >= 11 is 0. The predicted molar refractivity (Wildman–Crippen MR) is 105 cm³/mol. The van der Waals surface area contributed by atoms with Crippen molar-refractivity contribution in [3.63, 3.8) is 0 Å². The van der Waals surface area contributed by atoms with Gasteiger partial charge in [-0.3, -0.25) is 9.59 Å². The first-order chi connectivity index (χ1) is 13.1. The lowest BCUT2D eigenvalue weighted by atomic mass is 10.1. The van der Waals surface area contributed by atoms with Crippen LogP contribution in [-0.4, -0.2) is 22.3 Å². The van der Waals surface area contributed by atoms with Crippen molar-refractivity contribution in [1.29, 1.82) is 0 Å². The second kappa shape index (κ2) is 8.31. The highest BCUT2D eigenvalue weighted by molar-refractivity contribution is 5.93. The number of carbonyl (C=O) groups is 1. The second-order valence-corrected chi connectivity index (χ2v) is 5.99. The van der Waals surface area contributed by atoms with Crippen molar-refractivity contribution in [3.8, 4) is 17.0 Å². The number of nitrogens with zero attached hydrogens (tertiary/aromatic N) is 2. The van der Waals surface area contributed by atoms with Gasteiger partial charge in [-0.2, -0.15) is 5.10 Å². The molecule has 138 valence electrons. The van der Waals surface area contributed by atoms with Gasteiger partial charge in [0.1, 0.15) is 11.8 Å². The Labute approximate surface area is 157 Å². The van der Waals surface area contributed by atoms with Gasteiger partial charge in [-0.1, -0.05) is 30.3 Å². The molecule has 3 rings (SSSR count). The van der Waals surface area contributed by atoms with Crippen LogP contribution in [0.15, 0.2) is 71.5 Å². The number of rotatable bonds is 6. The lowest BCUT2D eigenvalue weighted by molar-refractivity contribution is -0.119. The molecule has 0 saturated carbocycles. The number of carbonyl (C=O) groups excluding carboxylic acids is 1. The predicted octanol–water partition coefficient (Wildman–Crippen LogP) is 3.51. The smallest absolute Gasteiger partial charge is 0.267 e. The molecule has 0 aliphatic heterocycles. The van der Waals surface area contributed by atoms with Crippen molar-refractivity contribution < 1.29 is 9.53 Å². The number of anilines is 1. The van der Waals surface area contributed by atoms with Crippen molar-refractivity contribution in [2.75, 3.05) is 11.9 Å². The molecule has 6 nitrogen and oxygen atoms in total. The van der Waals surface area contributed by atoms with Gasteiger partial charge in [-0.25, -0.2) is 4.68 Å². The Morgan fingerprint density at radius 3 is 2.44 bits per heavy atom. The molecule has 1 amide bonds. The van der Waals surface area contributed by atoms with E-state index in [0.717, 1.165) is 11.3 Å². The first-order valence-electron chi connectivity index (χ1n) is 8.77. The zero-order chi connectivity index (χ0) is 19.2. The van der Waals surface area contributed by atoms with Crippen LogP contribution in [0.3, 0.4) is 0 Å². The maximum Gasteiger partial charge on any atom is 0.267 e. The van der Waals surface area contributed by atoms with Gasteiger partial charge in [0.05, 0.1) is 12.3 Å². The Hall–Kier alpha value is -3.41. The van der Waals surface area contributed by atoms with E-state index in [0.29, 0.717) is 18.0 Å². The highest BCUT2D eigenvalue weighted by atomic mass is 16.5. The molecule has 0 aliphatic carbocycles. The van der Waals surface area contributed by atoms with E-state index in [2.05, 4.69) is 10.4 Å². The molecule has 6 heteroatoms. The van der Waals surface area contributed by atoms with Crippen LogP contribution in [0.4, 0.5) is 5.69 Å². The molecular weight excluding hydrogens is 342 g/mol. The Kier molecular flexibility index (Phi) is 5.66. The molecule has 1 aromatic heterocycles. The van der Waals surface area contributed by atoms with E-state index in [1.54, 1.807) is 37.3 Å². The fourth-order valence-electron chi connectivity index (χ4n) is 2.62. The molecule has 2 aromatic carbocycles. The van der Waals surface area contributed by atoms with Crippen molar-refractivity contribution in [1.82, 2.24) is 9.78 Å². The summed E-state index contributed by atoms with van der Waals surface area (Å²) in [7, 11) is 0. The van der Waals surface area contributed by atoms with Gasteiger partial charge in [-0.05, 0) is 44.2 Å². The molecule has 0 aliphatic rings. The van der Waals surface area contributed by atoms with Crippen LogP contribution in [0.2, 0.25) is 0 Å². The van der Waals surface area contributed by atoms with Crippen LogP contribution in [-0.2, 0) is 4.79 Å². The molecule has 0 fully saturated rings. The van der Waals surface area contributed by atoms with E-state index < -0.39 is 6.04 Å². The van der Waals surface area contributed by atoms with Crippen LogP contribution in [0.1, 0.15) is 19.9 Å². The first kappa shape index (κ1) is 18.4.